The van der Waals surface area contributed by atoms with Crippen LogP contribution in [0.4, 0.5) is 9.59 Å². The van der Waals surface area contributed by atoms with Crippen LogP contribution >= 0.6 is 0 Å². The first-order valence-electron chi connectivity index (χ1n) is 16.3. The molecule has 0 aromatic heterocycles. The Kier molecular flexibility index (Phi) is 8.61. The van der Waals surface area contributed by atoms with Crippen LogP contribution in [-0.4, -0.2) is 87.9 Å². The number of alkyl carbamates (subject to hydrolysis) is 1. The third kappa shape index (κ3) is 6.22. The Bertz CT molecular complexity index is 1560. The fourth-order valence-electron chi connectivity index (χ4n) is 7.61. The first-order valence-corrected chi connectivity index (χ1v) is 16.3. The van der Waals surface area contributed by atoms with Crippen molar-refractivity contribution in [2.75, 3.05) is 13.6 Å². The van der Waals surface area contributed by atoms with E-state index in [9.17, 15) is 29.4 Å². The van der Waals surface area contributed by atoms with Crippen LogP contribution in [-0.2, 0) is 41.1 Å². The van der Waals surface area contributed by atoms with Crippen LogP contribution in [0.5, 0.6) is 11.5 Å². The van der Waals surface area contributed by atoms with E-state index in [0.717, 1.165) is 16.7 Å². The van der Waals surface area contributed by atoms with Crippen molar-refractivity contribution >= 4 is 24.2 Å². The number of carboxylic acid groups (broad SMARTS) is 1. The number of carboxylic acids is 1. The lowest BCUT2D eigenvalue weighted by Crippen LogP contribution is -2.74. The Balaban J connectivity index is 1.55. The highest BCUT2D eigenvalue weighted by Gasteiger charge is 2.72. The number of hydrogen-bond donors (Lipinski definition) is 3. The van der Waals surface area contributed by atoms with Crippen LogP contribution in [0.25, 0.3) is 0 Å². The second kappa shape index (κ2) is 11.6. The van der Waals surface area contributed by atoms with Crippen molar-refractivity contribution < 1.29 is 53.1 Å². The molecule has 5 rings (SSSR count). The summed E-state index contributed by atoms with van der Waals surface area (Å²) in [7, 11) is 1.98. The van der Waals surface area contributed by atoms with Gasteiger partial charge in [-0.3, -0.25) is 4.79 Å². The third-order valence-electron chi connectivity index (χ3n) is 9.45. The van der Waals surface area contributed by atoms with Gasteiger partial charge in [0.1, 0.15) is 23.0 Å². The molecule has 0 saturated carbocycles. The summed E-state index contributed by atoms with van der Waals surface area (Å²) in [5.74, 6) is -1.85. The number of likely N-dealkylation sites (tertiary alicyclic amines) is 1. The summed E-state index contributed by atoms with van der Waals surface area (Å²) in [5.41, 5.74) is -1.86. The zero-order valence-electron chi connectivity index (χ0n) is 29.4. The van der Waals surface area contributed by atoms with Crippen molar-refractivity contribution in [2.24, 2.45) is 0 Å². The number of rotatable bonds is 6. The Hall–Kier alpha value is -3.84. The van der Waals surface area contributed by atoms with Crippen molar-refractivity contribution in [3.05, 3.63) is 34.6 Å². The van der Waals surface area contributed by atoms with Crippen LogP contribution in [0.3, 0.4) is 0 Å². The summed E-state index contributed by atoms with van der Waals surface area (Å²) in [5, 5.41) is 24.6. The highest BCUT2D eigenvalue weighted by atomic mass is 16.7. The average Bonchev–Trinajstić information content (AvgIpc) is 3.26. The number of nitrogens with zero attached hydrogens (tertiary/aromatic N) is 1. The second-order valence-corrected chi connectivity index (χ2v) is 16.3. The number of amides is 1. The third-order valence-corrected chi connectivity index (χ3v) is 9.45. The normalized spacial score (nSPS) is 26.7. The largest absolute Gasteiger partial charge is 0.514 e. The van der Waals surface area contributed by atoms with Crippen molar-refractivity contribution in [1.82, 2.24) is 10.2 Å². The van der Waals surface area contributed by atoms with Gasteiger partial charge in [0.25, 0.3) is 0 Å². The number of ether oxygens (including phenoxy) is 5. The monoisotopic (exact) mass is 672 g/mol. The molecule has 1 amide bonds. The number of carbonyl (C=O) groups excluding carboxylic acids is 3. The molecule has 3 N–H and O–H groups in total. The lowest BCUT2D eigenvalue weighted by molar-refractivity contribution is -0.169. The fraction of sp³-hybridized carbons (Fsp3) is 0.657. The van der Waals surface area contributed by atoms with E-state index in [2.05, 4.69) is 31.0 Å². The van der Waals surface area contributed by atoms with Gasteiger partial charge in [-0.05, 0) is 96.7 Å². The number of carbonyl (C=O) groups is 4. The number of likely N-dealkylation sites (N-methyl/N-ethyl adjacent to an activating group) is 1. The zero-order chi connectivity index (χ0) is 35.8. The Morgan fingerprint density at radius 3 is 2.27 bits per heavy atom. The molecular weight excluding hydrogens is 624 g/mol. The molecule has 264 valence electrons. The van der Waals surface area contributed by atoms with Gasteiger partial charge in [-0.2, -0.15) is 0 Å². The number of esters is 1. The van der Waals surface area contributed by atoms with Crippen LogP contribution in [0, 0.1) is 0 Å². The SMILES string of the molecule is CN1CC[C@]23c4c5c(C(C)(C)C)cc(OC(=O)OC(C)(C)C)c4O[C@H]2C(OC(=O)C[C@H](NC(=O)OC(C)(C)C)C(=O)O)=CC[C@@]3(O)[C@H]1C5. The minimum absolute atomic E-state index is 0.110. The minimum Gasteiger partial charge on any atom is -0.480 e. The maximum Gasteiger partial charge on any atom is 0.514 e. The summed E-state index contributed by atoms with van der Waals surface area (Å²) < 4.78 is 28.9. The Labute approximate surface area is 280 Å². The zero-order valence-corrected chi connectivity index (χ0v) is 29.4. The summed E-state index contributed by atoms with van der Waals surface area (Å²) in [4.78, 5) is 52.7. The van der Waals surface area contributed by atoms with Crippen LogP contribution in [0.1, 0.15) is 98.3 Å². The molecule has 1 fully saturated rings. The first-order chi connectivity index (χ1) is 22.0. The molecule has 0 unspecified atom stereocenters. The molecule has 13 heteroatoms. The molecule has 2 aliphatic heterocycles. The van der Waals surface area contributed by atoms with E-state index in [0.29, 0.717) is 19.4 Å². The highest BCUT2D eigenvalue weighted by molar-refractivity contribution is 5.85. The first kappa shape index (κ1) is 35.5. The summed E-state index contributed by atoms with van der Waals surface area (Å²) in [6.45, 7) is 16.9. The van der Waals surface area contributed by atoms with Crippen LogP contribution in [0.15, 0.2) is 17.9 Å². The van der Waals surface area contributed by atoms with Gasteiger partial charge in [0, 0.05) is 18.0 Å². The van der Waals surface area contributed by atoms with E-state index < -0.39 is 65.0 Å². The highest BCUT2D eigenvalue weighted by Crippen LogP contribution is 2.66. The van der Waals surface area contributed by atoms with Crippen molar-refractivity contribution in [3.8, 4) is 11.5 Å². The number of piperidine rings is 1. The topological polar surface area (TPSA) is 170 Å². The number of hydrogen-bond acceptors (Lipinski definition) is 11. The van der Waals surface area contributed by atoms with E-state index in [1.807, 2.05) is 7.05 Å². The number of nitrogens with one attached hydrogen (secondary N) is 1. The van der Waals surface area contributed by atoms with E-state index >= 15 is 0 Å². The second-order valence-electron chi connectivity index (χ2n) is 16.3. The molecule has 1 aromatic rings. The van der Waals surface area contributed by atoms with Gasteiger partial charge in [0.15, 0.2) is 17.6 Å². The molecule has 48 heavy (non-hydrogen) atoms. The van der Waals surface area contributed by atoms with Crippen molar-refractivity contribution in [1.29, 1.82) is 0 Å². The smallest absolute Gasteiger partial charge is 0.480 e. The average molecular weight is 673 g/mol. The molecule has 1 aromatic carbocycles. The maximum absolute atomic E-state index is 13.3. The molecule has 2 heterocycles. The molecule has 2 bridgehead atoms. The van der Waals surface area contributed by atoms with Crippen LogP contribution < -0.4 is 14.8 Å². The summed E-state index contributed by atoms with van der Waals surface area (Å²) in [6, 6.07) is -0.121. The van der Waals surface area contributed by atoms with E-state index in [-0.39, 0.29) is 35.1 Å². The predicted molar refractivity (Wildman–Crippen MR) is 172 cm³/mol. The van der Waals surface area contributed by atoms with Gasteiger partial charge in [0.2, 0.25) is 0 Å². The summed E-state index contributed by atoms with van der Waals surface area (Å²) in [6.07, 6.45) is -0.897. The Morgan fingerprint density at radius 2 is 1.69 bits per heavy atom. The van der Waals surface area contributed by atoms with Gasteiger partial charge in [-0.1, -0.05) is 20.8 Å². The van der Waals surface area contributed by atoms with E-state index in [4.69, 9.17) is 23.7 Å². The lowest BCUT2D eigenvalue weighted by atomic mass is 9.49. The minimum atomic E-state index is -1.62. The Morgan fingerprint density at radius 1 is 1.04 bits per heavy atom. The maximum atomic E-state index is 13.3. The molecule has 5 atom stereocenters. The molecule has 13 nitrogen and oxygen atoms in total. The summed E-state index contributed by atoms with van der Waals surface area (Å²) >= 11 is 0. The fourth-order valence-corrected chi connectivity index (χ4v) is 7.61. The van der Waals surface area contributed by atoms with E-state index in [1.54, 1.807) is 53.7 Å². The molecule has 1 saturated heterocycles. The molecule has 0 radical (unpaired) electrons. The molecule has 1 spiro atoms. The van der Waals surface area contributed by atoms with Gasteiger partial charge in [-0.25, -0.2) is 14.4 Å². The van der Waals surface area contributed by atoms with Crippen molar-refractivity contribution in [2.45, 2.75) is 134 Å². The van der Waals surface area contributed by atoms with Crippen molar-refractivity contribution in [3.63, 3.8) is 0 Å². The van der Waals surface area contributed by atoms with E-state index in [1.165, 1.54) is 0 Å². The molecular formula is C35H48N2O11. The van der Waals surface area contributed by atoms with Gasteiger partial charge < -0.3 is 44.1 Å². The van der Waals surface area contributed by atoms with Gasteiger partial charge >= 0.3 is 24.2 Å². The quantitative estimate of drug-likeness (QED) is 0.220. The molecule has 2 aliphatic carbocycles. The van der Waals surface area contributed by atoms with Gasteiger partial charge in [0.05, 0.1) is 17.4 Å². The number of aliphatic hydroxyl groups is 1. The standard InChI is InChI=1S/C35H48N2O11/c1-31(2,3)19-16-22(45-30(42)48-33(7,8)9)26-25-18(19)15-23-35(43)12-11-21(27(46-26)34(25,35)13-14-37(23)10)44-24(38)17-20(28(39)40)36-29(41)47-32(4,5)6/h11,16,20,23,27,43H,12-15,17H2,1-10H3,(H,36,41)(H,39,40)/t20-,23+,27-,34-,35+/m0/s1. The number of benzene rings is 1. The number of aliphatic carboxylic acids is 1. The van der Waals surface area contributed by atoms with Crippen LogP contribution in [0.2, 0.25) is 0 Å². The predicted octanol–water partition coefficient (Wildman–Crippen LogP) is 4.49. The van der Waals surface area contributed by atoms with Gasteiger partial charge in [-0.15, -0.1) is 0 Å². The lowest BCUT2D eigenvalue weighted by Gasteiger charge is -2.62. The molecule has 4 aliphatic rings.